The Morgan fingerprint density at radius 1 is 1.08 bits per heavy atom. The van der Waals surface area contributed by atoms with E-state index in [1.54, 1.807) is 6.07 Å². The average Bonchev–Trinajstić information content (AvgIpc) is 3.18. The molecule has 0 aliphatic carbocycles. The van der Waals surface area contributed by atoms with E-state index >= 15 is 4.39 Å². The van der Waals surface area contributed by atoms with Gasteiger partial charge in [0, 0.05) is 31.6 Å². The van der Waals surface area contributed by atoms with Gasteiger partial charge < -0.3 is 4.90 Å². The smallest absolute Gasteiger partial charge is 0.255 e. The van der Waals surface area contributed by atoms with Crippen LogP contribution in [0.4, 0.5) is 4.39 Å². The molecule has 1 atom stereocenters. The Kier molecular flexibility index (Phi) is 6.52. The molecule has 3 aliphatic rings. The van der Waals surface area contributed by atoms with Gasteiger partial charge in [0.05, 0.1) is 16.7 Å². The van der Waals surface area contributed by atoms with Gasteiger partial charge in [-0.1, -0.05) is 17.7 Å². The SMILES string of the molecule is N#Cc1ccc(S(=O)(=O)N2CCC(c3cc4c(cc3F)C(=O)N(C3CCC(=O)NC3=O)C4)CC2)c(Cl)c1. The molecule has 2 fully saturated rings. The van der Waals surface area contributed by atoms with Crippen LogP contribution in [-0.2, 0) is 26.2 Å². The number of amides is 3. The Bertz CT molecular complexity index is 1480. The monoisotopic (exact) mass is 544 g/mol. The Balaban J connectivity index is 1.31. The van der Waals surface area contributed by atoms with Gasteiger partial charge in [-0.3, -0.25) is 19.7 Å². The predicted molar refractivity (Wildman–Crippen MR) is 129 cm³/mol. The normalized spacial score (nSPS) is 21.1. The number of nitrogens with zero attached hydrogens (tertiary/aromatic N) is 3. The predicted octanol–water partition coefficient (Wildman–Crippen LogP) is 2.68. The van der Waals surface area contributed by atoms with Gasteiger partial charge >= 0.3 is 0 Å². The zero-order valence-electron chi connectivity index (χ0n) is 19.5. The maximum Gasteiger partial charge on any atom is 0.255 e. The van der Waals surface area contributed by atoms with Gasteiger partial charge in [-0.25, -0.2) is 12.8 Å². The minimum Gasteiger partial charge on any atom is -0.322 e. The van der Waals surface area contributed by atoms with Crippen molar-refractivity contribution in [3.8, 4) is 6.07 Å². The minimum atomic E-state index is -3.89. The second kappa shape index (κ2) is 9.52. The van der Waals surface area contributed by atoms with E-state index in [0.717, 1.165) is 0 Å². The van der Waals surface area contributed by atoms with Crippen molar-refractivity contribution < 1.29 is 27.2 Å². The molecule has 0 spiro atoms. The fraction of sp³-hybridized carbons (Fsp3) is 0.360. The average molecular weight is 545 g/mol. The van der Waals surface area contributed by atoms with Crippen LogP contribution >= 0.6 is 11.6 Å². The van der Waals surface area contributed by atoms with Crippen molar-refractivity contribution in [1.29, 1.82) is 5.26 Å². The number of carbonyl (C=O) groups is 3. The number of rotatable bonds is 4. The third kappa shape index (κ3) is 4.50. The number of benzene rings is 2. The first-order valence-electron chi connectivity index (χ1n) is 11.8. The Hall–Kier alpha value is -3.33. The summed E-state index contributed by atoms with van der Waals surface area (Å²) in [4.78, 5) is 37.9. The maximum absolute atomic E-state index is 15.2. The molecule has 5 rings (SSSR count). The molecule has 0 saturated carbocycles. The van der Waals surface area contributed by atoms with Gasteiger partial charge in [0.2, 0.25) is 21.8 Å². The highest BCUT2D eigenvalue weighted by Gasteiger charge is 2.40. The van der Waals surface area contributed by atoms with Crippen LogP contribution in [0, 0.1) is 17.1 Å². The number of hydrogen-bond donors (Lipinski definition) is 1. The van der Waals surface area contributed by atoms with Crippen molar-refractivity contribution in [2.24, 2.45) is 0 Å². The van der Waals surface area contributed by atoms with Crippen LogP contribution in [0.5, 0.6) is 0 Å². The van der Waals surface area contributed by atoms with Crippen LogP contribution in [0.1, 0.15) is 58.6 Å². The molecule has 192 valence electrons. The molecule has 37 heavy (non-hydrogen) atoms. The molecule has 0 aromatic heterocycles. The van der Waals surface area contributed by atoms with Crippen LogP contribution in [-0.4, -0.2) is 54.5 Å². The summed E-state index contributed by atoms with van der Waals surface area (Å²) in [6, 6.07) is 7.98. The summed E-state index contributed by atoms with van der Waals surface area (Å²) >= 11 is 6.13. The van der Waals surface area contributed by atoms with Crippen LogP contribution in [0.25, 0.3) is 0 Å². The highest BCUT2D eigenvalue weighted by atomic mass is 35.5. The molecule has 2 aromatic carbocycles. The Labute approximate surface area is 217 Å². The van der Waals surface area contributed by atoms with Crippen LogP contribution < -0.4 is 5.32 Å². The minimum absolute atomic E-state index is 0.0314. The van der Waals surface area contributed by atoms with Gasteiger partial charge in [0.15, 0.2) is 0 Å². The van der Waals surface area contributed by atoms with Gasteiger partial charge in [-0.05, 0) is 60.6 Å². The van der Waals surface area contributed by atoms with E-state index in [1.807, 2.05) is 6.07 Å². The molecule has 3 heterocycles. The van der Waals surface area contributed by atoms with E-state index in [0.29, 0.717) is 24.0 Å². The number of imide groups is 1. The fourth-order valence-electron chi connectivity index (χ4n) is 5.25. The van der Waals surface area contributed by atoms with Gasteiger partial charge in [0.1, 0.15) is 16.8 Å². The molecule has 3 amide bonds. The molecule has 1 unspecified atom stereocenters. The summed E-state index contributed by atoms with van der Waals surface area (Å²) in [5, 5.41) is 11.2. The highest BCUT2D eigenvalue weighted by molar-refractivity contribution is 7.89. The Morgan fingerprint density at radius 3 is 2.46 bits per heavy atom. The number of carbonyl (C=O) groups excluding carboxylic acids is 3. The summed E-state index contributed by atoms with van der Waals surface area (Å²) in [6.07, 6.45) is 1.09. The molecule has 9 nitrogen and oxygen atoms in total. The van der Waals surface area contributed by atoms with E-state index in [-0.39, 0.29) is 65.3 Å². The van der Waals surface area contributed by atoms with Crippen LogP contribution in [0.15, 0.2) is 35.2 Å². The first kappa shape index (κ1) is 25.3. The number of nitrogens with one attached hydrogen (secondary N) is 1. The topological polar surface area (TPSA) is 128 Å². The lowest BCUT2D eigenvalue weighted by molar-refractivity contribution is -0.136. The Morgan fingerprint density at radius 2 is 1.81 bits per heavy atom. The summed E-state index contributed by atoms with van der Waals surface area (Å²) in [7, 11) is -3.89. The first-order chi connectivity index (χ1) is 17.6. The highest BCUT2D eigenvalue weighted by Crippen LogP contribution is 2.37. The summed E-state index contributed by atoms with van der Waals surface area (Å²) in [5.41, 5.74) is 1.46. The largest absolute Gasteiger partial charge is 0.322 e. The molecule has 1 N–H and O–H groups in total. The van der Waals surface area contributed by atoms with Crippen molar-refractivity contribution in [2.45, 2.75) is 49.1 Å². The van der Waals surface area contributed by atoms with E-state index in [2.05, 4.69) is 5.32 Å². The van der Waals surface area contributed by atoms with Gasteiger partial charge in [-0.15, -0.1) is 0 Å². The second-order valence-corrected chi connectivity index (χ2v) is 11.7. The van der Waals surface area contributed by atoms with E-state index in [9.17, 15) is 22.8 Å². The molecule has 0 radical (unpaired) electrons. The van der Waals surface area contributed by atoms with E-state index in [4.69, 9.17) is 16.9 Å². The summed E-state index contributed by atoms with van der Waals surface area (Å²) in [5.74, 6) is -2.17. The van der Waals surface area contributed by atoms with Crippen molar-refractivity contribution >= 4 is 39.3 Å². The zero-order valence-corrected chi connectivity index (χ0v) is 21.1. The van der Waals surface area contributed by atoms with E-state index < -0.39 is 33.7 Å². The number of sulfonamides is 1. The number of halogens is 2. The molecule has 0 bridgehead atoms. The molecular formula is C25H22ClFN4O5S. The maximum atomic E-state index is 15.2. The first-order valence-corrected chi connectivity index (χ1v) is 13.6. The fourth-order valence-corrected chi connectivity index (χ4v) is 7.24. The lowest BCUT2D eigenvalue weighted by atomic mass is 9.88. The summed E-state index contributed by atoms with van der Waals surface area (Å²) < 4.78 is 42.7. The van der Waals surface area contributed by atoms with Gasteiger partial charge in [0.25, 0.3) is 5.91 Å². The molecule has 2 saturated heterocycles. The lowest BCUT2D eigenvalue weighted by Crippen LogP contribution is -2.52. The third-order valence-electron chi connectivity index (χ3n) is 7.21. The number of fused-ring (bicyclic) bond motifs is 1. The lowest BCUT2D eigenvalue weighted by Gasteiger charge is -2.32. The van der Waals surface area contributed by atoms with Crippen molar-refractivity contribution in [3.05, 3.63) is 63.4 Å². The molecular weight excluding hydrogens is 523 g/mol. The van der Waals surface area contributed by atoms with Crippen molar-refractivity contribution in [2.75, 3.05) is 13.1 Å². The quantitative estimate of drug-likeness (QED) is 0.589. The second-order valence-electron chi connectivity index (χ2n) is 9.37. The number of nitriles is 1. The summed E-state index contributed by atoms with van der Waals surface area (Å²) in [6.45, 7) is 0.445. The standard InChI is InChI=1S/C25H22ClFN4O5S/c26-19-9-14(12-28)1-3-22(19)37(35,36)30-7-5-15(6-8-30)17-10-16-13-31(25(34)18(16)11-20(17)27)21-2-4-23(32)29-24(21)33/h1,3,9-11,15,21H,2,4-8,13H2,(H,29,32,33). The molecule has 12 heteroatoms. The van der Waals surface area contributed by atoms with Crippen molar-refractivity contribution in [3.63, 3.8) is 0 Å². The molecule has 3 aliphatic heterocycles. The molecule has 2 aromatic rings. The van der Waals surface area contributed by atoms with Crippen LogP contribution in [0.2, 0.25) is 5.02 Å². The number of piperidine rings is 2. The zero-order chi connectivity index (χ0) is 26.5. The van der Waals surface area contributed by atoms with Crippen LogP contribution in [0.3, 0.4) is 0 Å². The van der Waals surface area contributed by atoms with Gasteiger partial charge in [-0.2, -0.15) is 9.57 Å². The third-order valence-corrected chi connectivity index (χ3v) is 9.59. The number of hydrogen-bond acceptors (Lipinski definition) is 6. The van der Waals surface area contributed by atoms with E-state index in [1.165, 1.54) is 33.5 Å². The van der Waals surface area contributed by atoms with Crippen molar-refractivity contribution in [1.82, 2.24) is 14.5 Å².